The van der Waals surface area contributed by atoms with Crippen molar-refractivity contribution in [3.63, 3.8) is 0 Å². The molecule has 0 radical (unpaired) electrons. The zero-order valence-electron chi connectivity index (χ0n) is 14.4. The van der Waals surface area contributed by atoms with Crippen LogP contribution in [0.1, 0.15) is 29.3 Å². The second kappa shape index (κ2) is 5.97. The number of benzene rings is 2. The van der Waals surface area contributed by atoms with Crippen LogP contribution in [0, 0.1) is 12.3 Å². The van der Waals surface area contributed by atoms with E-state index in [0.29, 0.717) is 0 Å². The lowest BCUT2D eigenvalue weighted by molar-refractivity contribution is 0.118. The van der Waals surface area contributed by atoms with E-state index in [4.69, 9.17) is 0 Å². The monoisotopic (exact) mass is 350 g/mol. The van der Waals surface area contributed by atoms with Gasteiger partial charge in [0.15, 0.2) is 5.13 Å². The topological polar surface area (TPSA) is 45.2 Å². The lowest BCUT2D eigenvalue weighted by Gasteiger charge is -2.28. The molecule has 1 aliphatic carbocycles. The Morgan fingerprint density at radius 3 is 2.08 bits per heavy atom. The van der Waals surface area contributed by atoms with Crippen LogP contribution in [0.3, 0.4) is 0 Å². The number of rotatable bonds is 5. The molecule has 0 spiro atoms. The number of anilines is 1. The van der Waals surface area contributed by atoms with Crippen molar-refractivity contribution in [3.05, 3.63) is 82.9 Å². The van der Waals surface area contributed by atoms with Gasteiger partial charge in [-0.25, -0.2) is 4.98 Å². The molecule has 128 valence electrons. The van der Waals surface area contributed by atoms with E-state index in [1.54, 1.807) is 11.3 Å². The maximum atomic E-state index is 11.0. The maximum Gasteiger partial charge on any atom is 0.184 e. The van der Waals surface area contributed by atoms with Crippen LogP contribution in [0.25, 0.3) is 0 Å². The van der Waals surface area contributed by atoms with Gasteiger partial charge >= 0.3 is 0 Å². The highest BCUT2D eigenvalue weighted by atomic mass is 32.1. The molecule has 0 aliphatic heterocycles. The van der Waals surface area contributed by atoms with Gasteiger partial charge in [0.25, 0.3) is 0 Å². The lowest BCUT2D eigenvalue weighted by Crippen LogP contribution is -2.34. The number of hydrogen-bond donors (Lipinski definition) is 2. The van der Waals surface area contributed by atoms with Gasteiger partial charge in [-0.3, -0.25) is 0 Å². The Labute approximate surface area is 152 Å². The number of aliphatic hydroxyl groups is 1. The van der Waals surface area contributed by atoms with E-state index in [0.717, 1.165) is 16.4 Å². The zero-order valence-corrected chi connectivity index (χ0v) is 15.3. The van der Waals surface area contributed by atoms with Crippen molar-refractivity contribution < 1.29 is 5.11 Å². The minimum atomic E-state index is -0.668. The minimum Gasteiger partial charge on any atom is -0.373 e. The molecule has 1 aromatic heterocycles. The predicted molar refractivity (Wildman–Crippen MR) is 103 cm³/mol. The fourth-order valence-electron chi connectivity index (χ4n) is 4.01. The summed E-state index contributed by atoms with van der Waals surface area (Å²) >= 11 is 1.57. The zero-order chi connectivity index (χ0) is 17.5. The van der Waals surface area contributed by atoms with E-state index in [2.05, 4.69) is 65.8 Å². The van der Waals surface area contributed by atoms with Crippen molar-refractivity contribution in [2.24, 2.45) is 5.41 Å². The Kier molecular flexibility index (Phi) is 3.89. The molecule has 3 aromatic rings. The van der Waals surface area contributed by atoms with Gasteiger partial charge < -0.3 is 10.4 Å². The molecular weight excluding hydrogens is 328 g/mol. The first kappa shape index (κ1) is 16.3. The lowest BCUT2D eigenvalue weighted by atomic mass is 9.80. The Morgan fingerprint density at radius 1 is 1.04 bits per heavy atom. The molecule has 2 unspecified atom stereocenters. The van der Waals surface area contributed by atoms with Gasteiger partial charge in [0.05, 0.1) is 0 Å². The molecule has 0 amide bonds. The summed E-state index contributed by atoms with van der Waals surface area (Å²) in [5.74, 6) is 0. The van der Waals surface area contributed by atoms with Crippen LogP contribution in [-0.2, 0) is 5.41 Å². The molecule has 4 heteroatoms. The van der Waals surface area contributed by atoms with Crippen molar-refractivity contribution in [2.45, 2.75) is 31.9 Å². The molecule has 1 aliphatic rings. The third-order valence-corrected chi connectivity index (χ3v) is 6.34. The summed E-state index contributed by atoms with van der Waals surface area (Å²) < 4.78 is 0. The Hall–Kier alpha value is -2.17. The van der Waals surface area contributed by atoms with Crippen LogP contribution in [-0.4, -0.2) is 16.3 Å². The van der Waals surface area contributed by atoms with Crippen molar-refractivity contribution in [1.29, 1.82) is 0 Å². The standard InChI is InChI=1S/C21H22N2OS/c1-15-13-22-19(25-15)23-18(24)20(2)14-21(20,16-9-5-3-6-10-16)17-11-7-4-8-12-17/h3-13,18,24H,14H2,1-2H3,(H,22,23). The second-order valence-corrected chi connectivity index (χ2v) is 8.29. The molecule has 3 nitrogen and oxygen atoms in total. The second-order valence-electron chi connectivity index (χ2n) is 7.05. The number of hydrogen-bond acceptors (Lipinski definition) is 4. The number of aromatic nitrogens is 1. The van der Waals surface area contributed by atoms with Crippen LogP contribution in [0.5, 0.6) is 0 Å². The molecule has 4 rings (SSSR count). The quantitative estimate of drug-likeness (QED) is 0.662. The number of nitrogens with zero attached hydrogens (tertiary/aromatic N) is 1. The van der Waals surface area contributed by atoms with Crippen molar-refractivity contribution in [2.75, 3.05) is 5.32 Å². The van der Waals surface area contributed by atoms with Gasteiger partial charge in [-0.1, -0.05) is 67.6 Å². The predicted octanol–water partition coefficient (Wildman–Crippen LogP) is 4.58. The fraction of sp³-hybridized carbons (Fsp3) is 0.286. The molecule has 1 fully saturated rings. The van der Waals surface area contributed by atoms with Gasteiger partial charge in [-0.15, -0.1) is 11.3 Å². The largest absolute Gasteiger partial charge is 0.373 e. The molecule has 0 saturated heterocycles. The van der Waals surface area contributed by atoms with E-state index in [1.807, 2.05) is 25.3 Å². The minimum absolute atomic E-state index is 0.186. The molecule has 1 saturated carbocycles. The molecule has 2 N–H and O–H groups in total. The Balaban J connectivity index is 1.72. The van der Waals surface area contributed by atoms with Crippen LogP contribution in [0.15, 0.2) is 66.9 Å². The van der Waals surface area contributed by atoms with Crippen LogP contribution in [0.2, 0.25) is 0 Å². The normalized spacial score (nSPS) is 22.4. The maximum absolute atomic E-state index is 11.0. The highest BCUT2D eigenvalue weighted by Crippen LogP contribution is 2.69. The van der Waals surface area contributed by atoms with Gasteiger partial charge in [0.2, 0.25) is 0 Å². The average molecular weight is 350 g/mol. The summed E-state index contributed by atoms with van der Waals surface area (Å²) in [6.07, 6.45) is 2.06. The summed E-state index contributed by atoms with van der Waals surface area (Å²) in [6, 6.07) is 21.0. The van der Waals surface area contributed by atoms with E-state index in [9.17, 15) is 5.11 Å². The van der Waals surface area contributed by atoms with Crippen molar-refractivity contribution in [1.82, 2.24) is 4.98 Å². The Morgan fingerprint density at radius 2 is 1.60 bits per heavy atom. The summed E-state index contributed by atoms with van der Waals surface area (Å²) in [7, 11) is 0. The van der Waals surface area contributed by atoms with Crippen molar-refractivity contribution >= 4 is 16.5 Å². The summed E-state index contributed by atoms with van der Waals surface area (Å²) in [5, 5.41) is 15.0. The molecular formula is C21H22N2OS. The molecule has 2 aromatic carbocycles. The fourth-order valence-corrected chi connectivity index (χ4v) is 4.70. The first-order valence-electron chi connectivity index (χ1n) is 8.54. The van der Waals surface area contributed by atoms with E-state index in [-0.39, 0.29) is 10.8 Å². The molecule has 2 atom stereocenters. The van der Waals surface area contributed by atoms with Crippen LogP contribution >= 0.6 is 11.3 Å². The summed E-state index contributed by atoms with van der Waals surface area (Å²) in [6.45, 7) is 4.18. The van der Waals surface area contributed by atoms with E-state index in [1.165, 1.54) is 11.1 Å². The molecule has 0 bridgehead atoms. The number of nitrogens with one attached hydrogen (secondary N) is 1. The highest BCUT2D eigenvalue weighted by Gasteiger charge is 2.69. The first-order valence-corrected chi connectivity index (χ1v) is 9.36. The van der Waals surface area contributed by atoms with E-state index < -0.39 is 6.23 Å². The van der Waals surface area contributed by atoms with Crippen LogP contribution < -0.4 is 5.32 Å². The molecule has 25 heavy (non-hydrogen) atoms. The van der Waals surface area contributed by atoms with Gasteiger partial charge in [0.1, 0.15) is 6.23 Å². The summed E-state index contributed by atoms with van der Waals surface area (Å²) in [5.41, 5.74) is 2.02. The number of aliphatic hydroxyl groups excluding tert-OH is 1. The van der Waals surface area contributed by atoms with E-state index >= 15 is 0 Å². The number of thiazole rings is 1. The highest BCUT2D eigenvalue weighted by molar-refractivity contribution is 7.15. The average Bonchev–Trinajstić information content (AvgIpc) is 3.11. The SMILES string of the molecule is Cc1cnc(NC(O)C2(C)CC2(c2ccccc2)c2ccccc2)s1. The van der Waals surface area contributed by atoms with Gasteiger partial charge in [0, 0.05) is 21.9 Å². The van der Waals surface area contributed by atoms with Crippen molar-refractivity contribution in [3.8, 4) is 0 Å². The van der Waals surface area contributed by atoms with Gasteiger partial charge in [-0.05, 0) is 24.5 Å². The Bertz CT molecular complexity index is 822. The smallest absolute Gasteiger partial charge is 0.184 e. The van der Waals surface area contributed by atoms with Crippen LogP contribution in [0.4, 0.5) is 5.13 Å². The third-order valence-electron chi connectivity index (χ3n) is 5.50. The number of aryl methyl sites for hydroxylation is 1. The molecule has 1 heterocycles. The summed E-state index contributed by atoms with van der Waals surface area (Å²) in [4.78, 5) is 5.47. The first-order chi connectivity index (χ1) is 12.1. The van der Waals surface area contributed by atoms with Gasteiger partial charge in [-0.2, -0.15) is 0 Å². The third kappa shape index (κ3) is 2.57.